The highest BCUT2D eigenvalue weighted by atomic mass is 35.5. The Labute approximate surface area is 217 Å². The fourth-order valence-electron chi connectivity index (χ4n) is 3.20. The van der Waals surface area contributed by atoms with Gasteiger partial charge in [-0.3, -0.25) is 24.7 Å². The highest BCUT2D eigenvalue weighted by Crippen LogP contribution is 2.28. The van der Waals surface area contributed by atoms with Gasteiger partial charge in [0.25, 0.3) is 17.2 Å². The maximum absolute atomic E-state index is 13.0. The molecule has 3 aromatic carbocycles. The van der Waals surface area contributed by atoms with Crippen LogP contribution >= 0.6 is 46.4 Å². The van der Waals surface area contributed by atoms with Gasteiger partial charge in [-0.25, -0.2) is 4.98 Å². The highest BCUT2D eigenvalue weighted by Gasteiger charge is 2.21. The first kappa shape index (κ1) is 24.7. The molecule has 13 heteroatoms. The average molecular weight is 553 g/mol. The van der Waals surface area contributed by atoms with Crippen molar-refractivity contribution in [2.45, 2.75) is 6.54 Å². The molecule has 0 aliphatic heterocycles. The fraction of sp³-hybridized carbons (Fsp3) is 0.0455. The number of hydrogen-bond acceptors (Lipinski definition) is 6. The number of halogens is 4. The van der Waals surface area contributed by atoms with Crippen LogP contribution in [0.25, 0.3) is 10.9 Å². The lowest BCUT2D eigenvalue weighted by molar-refractivity contribution is -0.384. The third-order valence-corrected chi connectivity index (χ3v) is 6.35. The van der Waals surface area contributed by atoms with Crippen molar-refractivity contribution in [3.05, 3.63) is 100 Å². The molecule has 0 unspecified atom stereocenters. The summed E-state index contributed by atoms with van der Waals surface area (Å²) in [6.07, 6.45) is 0. The van der Waals surface area contributed by atoms with E-state index in [1.807, 2.05) is 0 Å². The molecular weight excluding hydrogens is 540 g/mol. The highest BCUT2D eigenvalue weighted by molar-refractivity contribution is 6.42. The van der Waals surface area contributed by atoms with Gasteiger partial charge in [-0.1, -0.05) is 52.5 Å². The van der Waals surface area contributed by atoms with Gasteiger partial charge in [0.2, 0.25) is 5.95 Å². The molecule has 4 rings (SSSR count). The molecule has 35 heavy (non-hydrogen) atoms. The summed E-state index contributed by atoms with van der Waals surface area (Å²) in [5.74, 6) is -0.684. The maximum Gasteiger partial charge on any atom is 0.271 e. The molecule has 1 heterocycles. The number of rotatable bonds is 6. The van der Waals surface area contributed by atoms with E-state index in [0.29, 0.717) is 26.3 Å². The summed E-state index contributed by atoms with van der Waals surface area (Å²) < 4.78 is 0. The van der Waals surface area contributed by atoms with Gasteiger partial charge in [0.1, 0.15) is 0 Å². The molecule has 9 nitrogen and oxygen atoms in total. The predicted octanol–water partition coefficient (Wildman–Crippen LogP) is 6.12. The van der Waals surface area contributed by atoms with Crippen molar-refractivity contribution in [3.8, 4) is 0 Å². The Balaban J connectivity index is 1.73. The molecule has 4 aromatic rings. The molecule has 0 atom stereocenters. The second-order valence-corrected chi connectivity index (χ2v) is 8.87. The first-order chi connectivity index (χ1) is 16.6. The minimum absolute atomic E-state index is 0.00623. The van der Waals surface area contributed by atoms with E-state index in [1.165, 1.54) is 6.07 Å². The van der Waals surface area contributed by atoms with Gasteiger partial charge in [-0.05, 0) is 35.9 Å². The zero-order valence-electron chi connectivity index (χ0n) is 17.4. The normalized spacial score (nSPS) is 10.9. The van der Waals surface area contributed by atoms with Gasteiger partial charge in [-0.2, -0.15) is 0 Å². The number of nitrogens with zero attached hydrogens (tertiary/aromatic N) is 2. The quantitative estimate of drug-likeness (QED) is 0.195. The van der Waals surface area contributed by atoms with Gasteiger partial charge in [0.05, 0.1) is 41.5 Å². The lowest BCUT2D eigenvalue weighted by Crippen LogP contribution is -2.24. The Morgan fingerprint density at radius 1 is 0.971 bits per heavy atom. The molecule has 0 bridgehead atoms. The van der Waals surface area contributed by atoms with Crippen LogP contribution in [0.2, 0.25) is 20.1 Å². The van der Waals surface area contributed by atoms with Crippen molar-refractivity contribution >= 4 is 80.5 Å². The van der Waals surface area contributed by atoms with E-state index >= 15 is 0 Å². The fourth-order valence-corrected chi connectivity index (χ4v) is 3.82. The van der Waals surface area contributed by atoms with E-state index < -0.39 is 22.1 Å². The molecule has 0 radical (unpaired) electrons. The number of benzene rings is 3. The number of aromatic nitrogens is 2. The van der Waals surface area contributed by atoms with Crippen molar-refractivity contribution in [2.75, 3.05) is 5.32 Å². The number of nitro benzene ring substituents is 1. The summed E-state index contributed by atoms with van der Waals surface area (Å²) in [5, 5.41) is 18.1. The zero-order valence-corrected chi connectivity index (χ0v) is 20.4. The summed E-state index contributed by atoms with van der Waals surface area (Å²) in [7, 11) is 0. The van der Waals surface area contributed by atoms with Crippen LogP contribution in [0, 0.1) is 10.1 Å². The second-order valence-electron chi connectivity index (χ2n) is 7.25. The number of nitro groups is 1. The van der Waals surface area contributed by atoms with E-state index in [2.05, 4.69) is 20.6 Å². The lowest BCUT2D eigenvalue weighted by Gasteiger charge is -2.11. The summed E-state index contributed by atoms with van der Waals surface area (Å²) in [6.45, 7) is 0.0531. The van der Waals surface area contributed by atoms with Crippen molar-refractivity contribution in [3.63, 3.8) is 0 Å². The van der Waals surface area contributed by atoms with Crippen LogP contribution in [0.3, 0.4) is 0 Å². The lowest BCUT2D eigenvalue weighted by atomic mass is 10.1. The van der Waals surface area contributed by atoms with Crippen LogP contribution in [0.5, 0.6) is 0 Å². The summed E-state index contributed by atoms with van der Waals surface area (Å²) >= 11 is 23.9. The van der Waals surface area contributed by atoms with Crippen LogP contribution in [-0.2, 0) is 6.54 Å². The molecule has 0 spiro atoms. The molecule has 0 fully saturated rings. The average Bonchev–Trinajstić information content (AvgIpc) is 2.81. The number of hydrogen-bond donors (Lipinski definition) is 3. The van der Waals surface area contributed by atoms with Crippen LogP contribution in [0.4, 0.5) is 17.3 Å². The molecule has 1 aromatic heterocycles. The summed E-state index contributed by atoms with van der Waals surface area (Å²) in [4.78, 5) is 43.3. The molecule has 0 aliphatic rings. The van der Waals surface area contributed by atoms with Crippen molar-refractivity contribution < 1.29 is 9.72 Å². The number of non-ortho nitro benzene ring substituents is 1. The van der Waals surface area contributed by atoms with Crippen molar-refractivity contribution in [1.82, 2.24) is 15.3 Å². The topological polar surface area (TPSA) is 130 Å². The van der Waals surface area contributed by atoms with Gasteiger partial charge in [-0.15, -0.1) is 0 Å². The van der Waals surface area contributed by atoms with E-state index in [1.54, 1.807) is 30.3 Å². The van der Waals surface area contributed by atoms with E-state index in [-0.39, 0.29) is 34.0 Å². The van der Waals surface area contributed by atoms with Crippen molar-refractivity contribution in [2.24, 2.45) is 0 Å². The number of aromatic amines is 1. The Morgan fingerprint density at radius 2 is 1.66 bits per heavy atom. The number of anilines is 2. The Morgan fingerprint density at radius 3 is 2.31 bits per heavy atom. The SMILES string of the molecule is O=C(NCc1ccc(Cl)c(Cl)c1)c1cc([N+](=O)[O-])cc2c(=O)[nH]c(Nc3ccc(Cl)c(Cl)c3)nc12. The molecule has 0 aliphatic carbocycles. The van der Waals surface area contributed by atoms with Gasteiger partial charge in [0, 0.05) is 24.4 Å². The van der Waals surface area contributed by atoms with E-state index in [4.69, 9.17) is 46.4 Å². The number of carbonyl (C=O) groups is 1. The molecule has 1 amide bonds. The van der Waals surface area contributed by atoms with E-state index in [0.717, 1.165) is 12.1 Å². The molecule has 3 N–H and O–H groups in total. The number of H-pyrrole nitrogens is 1. The maximum atomic E-state index is 13.0. The molecule has 178 valence electrons. The number of amides is 1. The van der Waals surface area contributed by atoms with Crippen LogP contribution in [0.15, 0.2) is 53.3 Å². The minimum Gasteiger partial charge on any atom is -0.348 e. The van der Waals surface area contributed by atoms with Crippen LogP contribution < -0.4 is 16.2 Å². The Bertz CT molecular complexity index is 1560. The first-order valence-corrected chi connectivity index (χ1v) is 11.3. The minimum atomic E-state index is -0.698. The van der Waals surface area contributed by atoms with E-state index in [9.17, 15) is 19.7 Å². The standard InChI is InChI=1S/C22H13Cl4N5O4/c23-15-3-1-10(5-17(15)25)9-27-20(32)13-7-12(31(34)35)8-14-19(13)29-22(30-21(14)33)28-11-2-4-16(24)18(26)6-11/h1-8H,9H2,(H,27,32)(H2,28,29,30,33). The van der Waals surface area contributed by atoms with Crippen LogP contribution in [0.1, 0.15) is 15.9 Å². The smallest absolute Gasteiger partial charge is 0.271 e. The monoisotopic (exact) mass is 551 g/mol. The van der Waals surface area contributed by atoms with Crippen molar-refractivity contribution in [1.29, 1.82) is 0 Å². The van der Waals surface area contributed by atoms with Gasteiger partial charge in [0.15, 0.2) is 0 Å². The third-order valence-electron chi connectivity index (χ3n) is 4.87. The number of fused-ring (bicyclic) bond motifs is 1. The largest absolute Gasteiger partial charge is 0.348 e. The second kappa shape index (κ2) is 10.1. The van der Waals surface area contributed by atoms with Gasteiger partial charge >= 0.3 is 0 Å². The molecule has 0 saturated heterocycles. The predicted molar refractivity (Wildman–Crippen MR) is 136 cm³/mol. The summed E-state index contributed by atoms with van der Waals surface area (Å²) in [5.41, 5.74) is -0.190. The Hall–Kier alpha value is -3.37. The Kier molecular flexibility index (Phi) is 7.13. The zero-order chi connectivity index (χ0) is 25.3. The number of nitrogens with one attached hydrogen (secondary N) is 3. The molecular formula is C22H13Cl4N5O4. The van der Waals surface area contributed by atoms with Crippen LogP contribution in [-0.4, -0.2) is 20.8 Å². The summed E-state index contributed by atoms with van der Waals surface area (Å²) in [6, 6.07) is 11.6. The third kappa shape index (κ3) is 5.49. The molecule has 0 saturated carbocycles. The number of carbonyl (C=O) groups excluding carboxylic acids is 1. The first-order valence-electron chi connectivity index (χ1n) is 9.79. The van der Waals surface area contributed by atoms with Gasteiger partial charge < -0.3 is 10.6 Å².